The minimum absolute atomic E-state index is 0.0437. The highest BCUT2D eigenvalue weighted by Crippen LogP contribution is 2.42. The smallest absolute Gasteiger partial charge is 0.413 e. The Labute approximate surface area is 317 Å². The number of pyridine rings is 1. The third-order valence-electron chi connectivity index (χ3n) is 11.2. The third kappa shape index (κ3) is 6.82. The number of carbonyl (C=O) groups is 2. The van der Waals surface area contributed by atoms with Gasteiger partial charge in [0.05, 0.1) is 29.6 Å². The summed E-state index contributed by atoms with van der Waals surface area (Å²) in [4.78, 5) is 47.0. The number of hydrogen-bond acceptors (Lipinski definition) is 12. The van der Waals surface area contributed by atoms with Crippen molar-refractivity contribution in [1.82, 2.24) is 29.7 Å². The summed E-state index contributed by atoms with van der Waals surface area (Å²) in [5, 5.41) is 12.2. The van der Waals surface area contributed by atoms with Gasteiger partial charge in [-0.05, 0) is 69.9 Å². The highest BCUT2D eigenvalue weighted by atomic mass is 19.1. The van der Waals surface area contributed by atoms with Crippen molar-refractivity contribution in [2.75, 3.05) is 58.3 Å². The van der Waals surface area contributed by atoms with Gasteiger partial charge in [0.1, 0.15) is 35.6 Å². The number of esters is 1. The average Bonchev–Trinajstić information content (AvgIpc) is 3.76. The topological polar surface area (TPSA) is 134 Å². The number of rotatable bonds is 9. The van der Waals surface area contributed by atoms with Crippen LogP contribution in [0.15, 0.2) is 36.5 Å². The molecule has 1 N–H and O–H groups in total. The van der Waals surface area contributed by atoms with Crippen LogP contribution in [0.3, 0.4) is 0 Å². The van der Waals surface area contributed by atoms with E-state index in [2.05, 4.69) is 20.8 Å². The summed E-state index contributed by atoms with van der Waals surface area (Å²) in [6.07, 6.45) is 8.16. The first-order valence-corrected chi connectivity index (χ1v) is 18.6. The molecule has 13 nitrogen and oxygen atoms in total. The third-order valence-corrected chi connectivity index (χ3v) is 11.2. The molecule has 8 rings (SSSR count). The maximum absolute atomic E-state index is 17.1. The molecule has 0 spiro atoms. The standard InChI is InChI=1S/C40H43F2N7O6/c1-5-24-8-6-9-25-14-29(50)15-30(33(24)25)35-34(42)36-31(17-43-35)37(45-38(44-36)53-22-40-12-7-13-48(40)18-26(41)16-40)47-19-27-10-11-28(20-47)49(27)39(52)55-23(2)54-32(51)21-46(3)4/h1,6,8-9,14-15,17,23,26-28,50H,7,10-13,16,18-22H2,2-4H3/t23?,26-,27?,28?,40+/m1/s1. The van der Waals surface area contributed by atoms with Gasteiger partial charge in [0.2, 0.25) is 6.29 Å². The van der Waals surface area contributed by atoms with E-state index in [1.54, 1.807) is 48.2 Å². The molecule has 2 bridgehead atoms. The zero-order valence-corrected chi connectivity index (χ0v) is 31.0. The molecule has 0 aliphatic carbocycles. The second-order valence-corrected chi connectivity index (χ2v) is 15.3. The first-order chi connectivity index (χ1) is 26.4. The van der Waals surface area contributed by atoms with Gasteiger partial charge in [-0.2, -0.15) is 9.97 Å². The number of halogens is 2. The fourth-order valence-electron chi connectivity index (χ4n) is 8.96. The second-order valence-electron chi connectivity index (χ2n) is 15.3. The Balaban J connectivity index is 1.14. The molecular weight excluding hydrogens is 712 g/mol. The Hall–Kier alpha value is -5.33. The maximum Gasteiger partial charge on any atom is 0.413 e. The molecule has 1 amide bonds. The number of phenolic OH excluding ortho intramolecular Hbond substituents is 1. The zero-order chi connectivity index (χ0) is 38.6. The van der Waals surface area contributed by atoms with Crippen molar-refractivity contribution in [3.63, 3.8) is 0 Å². The van der Waals surface area contributed by atoms with Gasteiger partial charge in [-0.1, -0.05) is 18.1 Å². The van der Waals surface area contributed by atoms with Crippen molar-refractivity contribution in [1.29, 1.82) is 0 Å². The van der Waals surface area contributed by atoms with Gasteiger partial charge < -0.3 is 24.2 Å². The van der Waals surface area contributed by atoms with Gasteiger partial charge in [0.25, 0.3) is 0 Å². The lowest BCUT2D eigenvalue weighted by molar-refractivity contribution is -0.167. The summed E-state index contributed by atoms with van der Waals surface area (Å²) >= 11 is 0. The highest BCUT2D eigenvalue weighted by Gasteiger charge is 2.50. The number of amides is 1. The van der Waals surface area contributed by atoms with Gasteiger partial charge in [0.15, 0.2) is 5.82 Å². The lowest BCUT2D eigenvalue weighted by atomic mass is 9.95. The molecule has 4 aliphatic rings. The molecule has 4 aliphatic heterocycles. The summed E-state index contributed by atoms with van der Waals surface area (Å²) in [7, 11) is 3.47. The predicted octanol–water partition coefficient (Wildman–Crippen LogP) is 4.87. The van der Waals surface area contributed by atoms with Gasteiger partial charge in [-0.15, -0.1) is 6.42 Å². The molecule has 288 valence electrons. The first kappa shape index (κ1) is 36.6. The number of carbonyl (C=O) groups excluding carboxylic acids is 2. The molecule has 2 aromatic carbocycles. The lowest BCUT2D eigenvalue weighted by Crippen LogP contribution is -2.56. The van der Waals surface area contributed by atoms with Crippen LogP contribution in [-0.2, 0) is 14.3 Å². The molecule has 4 aromatic rings. The van der Waals surface area contributed by atoms with E-state index < -0.39 is 35.9 Å². The normalized spacial score (nSPS) is 24.0. The number of alkyl halides is 1. The van der Waals surface area contributed by atoms with Gasteiger partial charge in [-0.3, -0.25) is 24.5 Å². The number of hydrogen-bond donors (Lipinski definition) is 1. The van der Waals surface area contributed by atoms with E-state index in [0.717, 1.165) is 19.4 Å². The van der Waals surface area contributed by atoms with Crippen molar-refractivity contribution in [3.05, 3.63) is 47.9 Å². The molecule has 4 fully saturated rings. The maximum atomic E-state index is 17.1. The summed E-state index contributed by atoms with van der Waals surface area (Å²) in [5.41, 5.74) is 0.221. The Kier molecular flexibility index (Phi) is 9.59. The molecular formula is C40H43F2N7O6. The number of terminal acetylenes is 1. The van der Waals surface area contributed by atoms with E-state index in [4.69, 9.17) is 25.6 Å². The van der Waals surface area contributed by atoms with Crippen molar-refractivity contribution in [2.24, 2.45) is 0 Å². The Morgan fingerprint density at radius 2 is 1.93 bits per heavy atom. The molecule has 4 saturated heterocycles. The summed E-state index contributed by atoms with van der Waals surface area (Å²) in [6.45, 7) is 3.52. The van der Waals surface area contributed by atoms with E-state index in [1.807, 2.05) is 4.90 Å². The van der Waals surface area contributed by atoms with Crippen molar-refractivity contribution < 1.29 is 37.7 Å². The highest BCUT2D eigenvalue weighted by molar-refractivity contribution is 6.02. The molecule has 0 radical (unpaired) electrons. The first-order valence-electron chi connectivity index (χ1n) is 18.6. The quantitative estimate of drug-likeness (QED) is 0.142. The number of aromatic hydroxyl groups is 1. The number of fused-ring (bicyclic) bond motifs is 5. The van der Waals surface area contributed by atoms with Crippen LogP contribution in [0.1, 0.15) is 44.6 Å². The molecule has 6 heterocycles. The molecule has 0 saturated carbocycles. The number of aromatic nitrogens is 3. The Morgan fingerprint density at radius 1 is 1.15 bits per heavy atom. The lowest BCUT2D eigenvalue weighted by Gasteiger charge is -2.41. The van der Waals surface area contributed by atoms with E-state index >= 15 is 4.39 Å². The number of nitrogens with zero attached hydrogens (tertiary/aromatic N) is 7. The van der Waals surface area contributed by atoms with E-state index in [9.17, 15) is 19.1 Å². The molecule has 3 unspecified atom stereocenters. The van der Waals surface area contributed by atoms with E-state index in [1.165, 1.54) is 19.2 Å². The van der Waals surface area contributed by atoms with Gasteiger partial charge in [-0.25, -0.2) is 13.6 Å². The van der Waals surface area contributed by atoms with E-state index in [0.29, 0.717) is 72.0 Å². The molecule has 2 aromatic heterocycles. The van der Waals surface area contributed by atoms with Crippen LogP contribution < -0.4 is 9.64 Å². The molecule has 55 heavy (non-hydrogen) atoms. The number of benzene rings is 2. The molecule has 15 heteroatoms. The fourth-order valence-corrected chi connectivity index (χ4v) is 8.96. The number of likely N-dealkylation sites (N-methyl/N-ethyl adjacent to an activating group) is 1. The van der Waals surface area contributed by atoms with E-state index in [-0.39, 0.29) is 48.2 Å². The largest absolute Gasteiger partial charge is 0.508 e. The van der Waals surface area contributed by atoms with Crippen LogP contribution in [0.5, 0.6) is 11.8 Å². The fraction of sp³-hybridized carbons (Fsp3) is 0.475. The van der Waals surface area contributed by atoms with Crippen LogP contribution in [0.4, 0.5) is 19.4 Å². The Bertz CT molecular complexity index is 2200. The van der Waals surface area contributed by atoms with Crippen LogP contribution in [0, 0.1) is 18.2 Å². The summed E-state index contributed by atoms with van der Waals surface area (Å²) in [6, 6.07) is 7.68. The second kappa shape index (κ2) is 14.4. The zero-order valence-electron chi connectivity index (χ0n) is 31.0. The average molecular weight is 756 g/mol. The van der Waals surface area contributed by atoms with Crippen LogP contribution in [0.25, 0.3) is 32.9 Å². The van der Waals surface area contributed by atoms with Crippen molar-refractivity contribution >= 4 is 39.6 Å². The number of ether oxygens (including phenoxy) is 3. The van der Waals surface area contributed by atoms with Crippen LogP contribution in [0.2, 0.25) is 0 Å². The number of piperazine rings is 1. The van der Waals surface area contributed by atoms with Crippen molar-refractivity contribution in [3.8, 4) is 35.4 Å². The summed E-state index contributed by atoms with van der Waals surface area (Å²) in [5.74, 6) is 1.70. The number of anilines is 1. The predicted molar refractivity (Wildman–Crippen MR) is 200 cm³/mol. The van der Waals surface area contributed by atoms with Gasteiger partial charge >= 0.3 is 18.1 Å². The molecule has 5 atom stereocenters. The summed E-state index contributed by atoms with van der Waals surface area (Å²) < 4.78 is 48.8. The van der Waals surface area contributed by atoms with Crippen molar-refractivity contribution in [2.45, 2.75) is 69.1 Å². The van der Waals surface area contributed by atoms with Gasteiger partial charge in [0, 0.05) is 55.7 Å². The minimum atomic E-state index is -1.07. The van der Waals surface area contributed by atoms with Crippen LogP contribution in [-0.4, -0.2) is 130 Å². The Morgan fingerprint density at radius 3 is 2.67 bits per heavy atom. The van der Waals surface area contributed by atoms with Crippen LogP contribution >= 0.6 is 0 Å². The number of phenols is 1. The SMILES string of the molecule is C#Cc1cccc2cc(O)cc(-c3ncc4c(N5CC6CCC(C5)N6C(=O)OC(C)OC(=O)CN(C)C)nc(OC[C@@]56CCCN5C[C@H](F)C6)nc4c3F)c12. The monoisotopic (exact) mass is 755 g/mol. The minimum Gasteiger partial charge on any atom is -0.508 e.